The topological polar surface area (TPSA) is 122 Å². The van der Waals surface area contributed by atoms with Crippen molar-refractivity contribution >= 4 is 34.0 Å². The van der Waals surface area contributed by atoms with Crippen molar-refractivity contribution in [1.29, 1.82) is 0 Å². The first-order valence-corrected chi connectivity index (χ1v) is 5.16. The molecule has 0 fully saturated rings. The summed E-state index contributed by atoms with van der Waals surface area (Å²) < 4.78 is 0. The largest absolute Gasteiger partial charge is 0.338 e. The second kappa shape index (κ2) is 3.93. The van der Waals surface area contributed by atoms with E-state index in [4.69, 9.17) is 5.84 Å². The lowest BCUT2D eigenvalue weighted by Gasteiger charge is -2.00. The number of para-hydroxylation sites is 1. The summed E-state index contributed by atoms with van der Waals surface area (Å²) in [6.07, 6.45) is 0. The molecule has 18 heavy (non-hydrogen) atoms. The molecule has 90 valence electrons. The van der Waals surface area contributed by atoms with Crippen LogP contribution in [0.4, 0.5) is 10.7 Å². The number of carbonyl (C=O) groups is 1. The highest BCUT2D eigenvalue weighted by Crippen LogP contribution is 2.21. The number of aromatic amines is 1. The number of nitrogens with one attached hydrogen (secondary N) is 3. The van der Waals surface area contributed by atoms with Gasteiger partial charge in [0.15, 0.2) is 5.65 Å². The maximum Gasteiger partial charge on any atom is 0.335 e. The van der Waals surface area contributed by atoms with E-state index < -0.39 is 6.03 Å². The quantitative estimate of drug-likeness (QED) is 0.281. The predicted molar refractivity (Wildman–Crippen MR) is 65.5 cm³/mol. The van der Waals surface area contributed by atoms with Crippen LogP contribution in [0.1, 0.15) is 0 Å². The first kappa shape index (κ1) is 10.4. The fourth-order valence-electron chi connectivity index (χ4n) is 1.71. The molecular weight excluding hydrogens is 234 g/mol. The third-order valence-corrected chi connectivity index (χ3v) is 2.48. The highest BCUT2D eigenvalue weighted by molar-refractivity contribution is 6.03. The van der Waals surface area contributed by atoms with E-state index in [-0.39, 0.29) is 5.95 Å². The van der Waals surface area contributed by atoms with Crippen molar-refractivity contribution in [3.63, 3.8) is 0 Å². The molecule has 8 nitrogen and oxygen atoms in total. The Balaban J connectivity index is 2.12. The summed E-state index contributed by atoms with van der Waals surface area (Å²) in [6, 6.07) is 7.05. The molecule has 2 aromatic heterocycles. The summed E-state index contributed by atoms with van der Waals surface area (Å²) in [7, 11) is 0. The van der Waals surface area contributed by atoms with Crippen LogP contribution < -0.4 is 16.6 Å². The molecule has 5 N–H and O–H groups in total. The minimum atomic E-state index is -0.604. The Hall–Kier alpha value is -2.74. The third kappa shape index (κ3) is 1.60. The molecule has 0 aliphatic rings. The number of amides is 2. The molecule has 0 unspecified atom stereocenters. The zero-order valence-corrected chi connectivity index (χ0v) is 9.14. The monoisotopic (exact) mass is 243 g/mol. The molecule has 0 atom stereocenters. The molecule has 0 saturated heterocycles. The number of carbonyl (C=O) groups excluding carboxylic acids is 1. The van der Waals surface area contributed by atoms with Crippen LogP contribution in [0.15, 0.2) is 24.3 Å². The lowest BCUT2D eigenvalue weighted by atomic mass is 10.2. The lowest BCUT2D eigenvalue weighted by Crippen LogP contribution is -2.34. The van der Waals surface area contributed by atoms with Crippen LogP contribution in [0.2, 0.25) is 0 Å². The van der Waals surface area contributed by atoms with Crippen LogP contribution in [-0.2, 0) is 0 Å². The Morgan fingerprint density at radius 3 is 2.94 bits per heavy atom. The van der Waals surface area contributed by atoms with Crippen LogP contribution in [0.5, 0.6) is 0 Å². The van der Waals surface area contributed by atoms with Crippen molar-refractivity contribution < 1.29 is 4.79 Å². The van der Waals surface area contributed by atoms with Crippen LogP contribution >= 0.6 is 0 Å². The summed E-state index contributed by atoms with van der Waals surface area (Å²) >= 11 is 0. The number of aromatic nitrogens is 4. The van der Waals surface area contributed by atoms with Crippen LogP contribution in [0.25, 0.3) is 22.1 Å². The Morgan fingerprint density at radius 1 is 1.28 bits per heavy atom. The number of nitrogens with two attached hydrogens (primary N) is 1. The maximum absolute atomic E-state index is 11.0. The molecule has 0 aliphatic carbocycles. The second-order valence-corrected chi connectivity index (χ2v) is 3.60. The number of benzene rings is 1. The molecule has 2 amide bonds. The molecule has 2 heterocycles. The lowest BCUT2D eigenvalue weighted by molar-refractivity contribution is 0.252. The number of hydrogen-bond donors (Lipinski definition) is 4. The predicted octanol–water partition coefficient (Wildman–Crippen LogP) is 0.501. The standard InChI is InChI=1S/C10H9N7O/c11-15-10(18)14-9-13-8-7(16-17-9)5-3-1-2-4-6(5)12-8/h1-4H,11H2,(H3,12,13,14,15,17,18). The van der Waals surface area contributed by atoms with Gasteiger partial charge >= 0.3 is 6.03 Å². The Morgan fingerprint density at radius 2 is 2.11 bits per heavy atom. The van der Waals surface area contributed by atoms with Crippen molar-refractivity contribution in [2.24, 2.45) is 5.84 Å². The van der Waals surface area contributed by atoms with E-state index >= 15 is 0 Å². The number of rotatable bonds is 1. The van der Waals surface area contributed by atoms with E-state index in [1.165, 1.54) is 0 Å². The van der Waals surface area contributed by atoms with Gasteiger partial charge in [0.2, 0.25) is 0 Å². The van der Waals surface area contributed by atoms with E-state index in [1.54, 1.807) is 0 Å². The zero-order valence-electron chi connectivity index (χ0n) is 9.14. The number of H-pyrrole nitrogens is 1. The summed E-state index contributed by atoms with van der Waals surface area (Å²) in [5.74, 6) is 5.03. The molecule has 3 aromatic rings. The molecule has 1 aromatic carbocycles. The number of anilines is 1. The Labute approximate surface area is 101 Å². The fourth-order valence-corrected chi connectivity index (χ4v) is 1.71. The van der Waals surface area contributed by atoms with Gasteiger partial charge in [-0.2, -0.15) is 4.98 Å². The van der Waals surface area contributed by atoms with Gasteiger partial charge in [0.05, 0.1) is 0 Å². The first-order chi connectivity index (χ1) is 8.78. The average molecular weight is 243 g/mol. The summed E-state index contributed by atoms with van der Waals surface area (Å²) in [5, 5.41) is 11.1. The van der Waals surface area contributed by atoms with Gasteiger partial charge in [-0.3, -0.25) is 10.7 Å². The summed E-state index contributed by atoms with van der Waals surface area (Å²) in [5.41, 5.74) is 4.04. The van der Waals surface area contributed by atoms with Gasteiger partial charge in [0.25, 0.3) is 5.95 Å². The smallest absolute Gasteiger partial charge is 0.335 e. The van der Waals surface area contributed by atoms with Gasteiger partial charge < -0.3 is 4.98 Å². The van der Waals surface area contributed by atoms with Crippen molar-refractivity contribution in [3.05, 3.63) is 24.3 Å². The summed E-state index contributed by atoms with van der Waals surface area (Å²) in [6.45, 7) is 0. The fraction of sp³-hybridized carbons (Fsp3) is 0. The van der Waals surface area contributed by atoms with Crippen molar-refractivity contribution in [2.45, 2.75) is 0 Å². The third-order valence-electron chi connectivity index (χ3n) is 2.48. The van der Waals surface area contributed by atoms with E-state index in [9.17, 15) is 4.79 Å². The Kier molecular flexibility index (Phi) is 2.27. The molecule has 0 radical (unpaired) electrons. The van der Waals surface area contributed by atoms with Gasteiger partial charge in [0, 0.05) is 10.9 Å². The SMILES string of the molecule is NNC(=O)Nc1nnc2c(n1)[nH]c1ccccc12. The minimum Gasteiger partial charge on any atom is -0.338 e. The number of nitrogens with zero attached hydrogens (tertiary/aromatic N) is 3. The highest BCUT2D eigenvalue weighted by atomic mass is 16.2. The van der Waals surface area contributed by atoms with E-state index in [0.717, 1.165) is 10.9 Å². The number of urea groups is 1. The van der Waals surface area contributed by atoms with E-state index in [2.05, 4.69) is 25.5 Å². The zero-order chi connectivity index (χ0) is 12.5. The van der Waals surface area contributed by atoms with Crippen LogP contribution in [-0.4, -0.2) is 26.2 Å². The number of hydrogen-bond acceptors (Lipinski definition) is 5. The summed E-state index contributed by atoms with van der Waals surface area (Å²) in [4.78, 5) is 18.3. The molecule has 0 saturated carbocycles. The van der Waals surface area contributed by atoms with Gasteiger partial charge in [-0.05, 0) is 6.07 Å². The normalized spacial score (nSPS) is 10.7. The van der Waals surface area contributed by atoms with Crippen LogP contribution in [0, 0.1) is 0 Å². The van der Waals surface area contributed by atoms with Gasteiger partial charge in [0.1, 0.15) is 5.52 Å². The van der Waals surface area contributed by atoms with Gasteiger partial charge in [-0.25, -0.2) is 10.6 Å². The maximum atomic E-state index is 11.0. The van der Waals surface area contributed by atoms with Crippen LogP contribution in [0.3, 0.4) is 0 Å². The minimum absolute atomic E-state index is 0.0806. The van der Waals surface area contributed by atoms with Crippen molar-refractivity contribution in [2.75, 3.05) is 5.32 Å². The molecule has 0 aliphatic heterocycles. The van der Waals surface area contributed by atoms with Crippen molar-refractivity contribution in [1.82, 2.24) is 25.6 Å². The second-order valence-electron chi connectivity index (χ2n) is 3.60. The number of fused-ring (bicyclic) bond motifs is 3. The van der Waals surface area contributed by atoms with Gasteiger partial charge in [-0.1, -0.05) is 18.2 Å². The number of hydrazine groups is 1. The average Bonchev–Trinajstić information content (AvgIpc) is 2.76. The molecule has 0 bridgehead atoms. The molecule has 3 rings (SSSR count). The van der Waals surface area contributed by atoms with E-state index in [0.29, 0.717) is 11.2 Å². The molecule has 8 heteroatoms. The first-order valence-electron chi connectivity index (χ1n) is 5.16. The molecular formula is C10H9N7O. The Bertz CT molecular complexity index is 735. The van der Waals surface area contributed by atoms with E-state index in [1.807, 2.05) is 29.7 Å². The molecule has 0 spiro atoms. The highest BCUT2D eigenvalue weighted by Gasteiger charge is 2.09. The van der Waals surface area contributed by atoms with Gasteiger partial charge in [-0.15, -0.1) is 10.2 Å². The van der Waals surface area contributed by atoms with Crippen molar-refractivity contribution in [3.8, 4) is 0 Å².